The molecule has 1 aromatic heterocycles. The van der Waals surface area contributed by atoms with Crippen LogP contribution in [0.3, 0.4) is 0 Å². The number of amides is 3. The van der Waals surface area contributed by atoms with Gasteiger partial charge in [0.15, 0.2) is 0 Å². The van der Waals surface area contributed by atoms with Crippen LogP contribution < -0.4 is 10.6 Å². The Kier molecular flexibility index (Phi) is 6.00. The van der Waals surface area contributed by atoms with Gasteiger partial charge in [-0.15, -0.1) is 0 Å². The third kappa shape index (κ3) is 4.44. The summed E-state index contributed by atoms with van der Waals surface area (Å²) in [6, 6.07) is 24.4. The zero-order valence-corrected chi connectivity index (χ0v) is 19.7. The third-order valence-corrected chi connectivity index (χ3v) is 5.90. The summed E-state index contributed by atoms with van der Waals surface area (Å²) in [4.78, 5) is 48.4. The molecule has 4 aromatic rings. The van der Waals surface area contributed by atoms with Gasteiger partial charge in [-0.1, -0.05) is 48.5 Å². The lowest BCUT2D eigenvalue weighted by atomic mass is 10.1. The van der Waals surface area contributed by atoms with E-state index in [1.54, 1.807) is 42.5 Å². The number of fused-ring (bicyclic) bond motifs is 1. The fraction of sp³-hybridized carbons (Fsp3) is 0.107. The number of hydrogen-bond acceptors (Lipinski definition) is 6. The fourth-order valence-electron chi connectivity index (χ4n) is 4.13. The number of nitrogens with zero attached hydrogens (tertiary/aromatic N) is 3. The highest BCUT2D eigenvalue weighted by atomic mass is 16.2. The molecule has 3 amide bonds. The van der Waals surface area contributed by atoms with E-state index < -0.39 is 23.8 Å². The Morgan fingerprint density at radius 2 is 1.44 bits per heavy atom. The van der Waals surface area contributed by atoms with Gasteiger partial charge in [0.05, 0.1) is 16.8 Å². The summed E-state index contributed by atoms with van der Waals surface area (Å²) in [7, 11) is 0. The highest BCUT2D eigenvalue weighted by Crippen LogP contribution is 2.26. The van der Waals surface area contributed by atoms with Gasteiger partial charge in [0.1, 0.15) is 17.7 Å². The van der Waals surface area contributed by atoms with E-state index in [1.165, 1.54) is 6.92 Å². The second-order valence-corrected chi connectivity index (χ2v) is 8.45. The first-order valence-electron chi connectivity index (χ1n) is 11.5. The maximum atomic E-state index is 13.0. The maximum absolute atomic E-state index is 13.0. The Morgan fingerprint density at radius 1 is 0.806 bits per heavy atom. The molecule has 5 rings (SSSR count). The number of carbonyl (C=O) groups excluding carboxylic acids is 3. The molecule has 0 fully saturated rings. The number of rotatable bonds is 6. The molecule has 1 unspecified atom stereocenters. The number of hydrogen-bond donors (Lipinski definition) is 2. The molecular formula is C28H23N5O3. The first kappa shape index (κ1) is 22.9. The number of nitrogens with one attached hydrogen (secondary N) is 2. The predicted octanol–water partition coefficient (Wildman–Crippen LogP) is 4.82. The summed E-state index contributed by atoms with van der Waals surface area (Å²) in [5.74, 6) is -0.169. The van der Waals surface area contributed by atoms with Crippen molar-refractivity contribution in [1.82, 2.24) is 14.9 Å². The van der Waals surface area contributed by atoms with Crippen LogP contribution in [0.25, 0.3) is 11.3 Å². The van der Waals surface area contributed by atoms with Gasteiger partial charge in [0, 0.05) is 23.0 Å². The molecule has 0 saturated heterocycles. The van der Waals surface area contributed by atoms with Crippen molar-refractivity contribution in [2.75, 3.05) is 10.6 Å². The van der Waals surface area contributed by atoms with Crippen LogP contribution in [0.2, 0.25) is 0 Å². The van der Waals surface area contributed by atoms with Crippen LogP contribution >= 0.6 is 0 Å². The highest BCUT2D eigenvalue weighted by Gasteiger charge is 2.40. The van der Waals surface area contributed by atoms with E-state index in [9.17, 15) is 14.4 Å². The third-order valence-electron chi connectivity index (χ3n) is 5.90. The van der Waals surface area contributed by atoms with Crippen molar-refractivity contribution in [2.24, 2.45) is 0 Å². The van der Waals surface area contributed by atoms with Crippen LogP contribution in [0, 0.1) is 6.92 Å². The number of aryl methyl sites for hydroxylation is 1. The normalized spacial score (nSPS) is 13.3. The zero-order valence-electron chi connectivity index (χ0n) is 19.7. The molecule has 0 bridgehead atoms. The van der Waals surface area contributed by atoms with Gasteiger partial charge in [-0.05, 0) is 44.2 Å². The molecule has 0 radical (unpaired) electrons. The smallest absolute Gasteiger partial charge is 0.262 e. The molecule has 178 valence electrons. The maximum Gasteiger partial charge on any atom is 0.262 e. The Labute approximate surface area is 208 Å². The molecule has 2 heterocycles. The first-order valence-corrected chi connectivity index (χ1v) is 11.5. The second-order valence-electron chi connectivity index (χ2n) is 8.45. The zero-order chi connectivity index (χ0) is 25.2. The molecule has 0 saturated carbocycles. The van der Waals surface area contributed by atoms with Crippen LogP contribution in [0.4, 0.5) is 17.2 Å². The van der Waals surface area contributed by atoms with E-state index in [0.717, 1.165) is 16.2 Å². The van der Waals surface area contributed by atoms with E-state index in [1.807, 2.05) is 49.4 Å². The van der Waals surface area contributed by atoms with Gasteiger partial charge >= 0.3 is 0 Å². The standard InChI is InChI=1S/C28H23N5O3/c1-17(33-27(35)22-13-6-7-14-23(22)28(33)36)26(34)32-21-12-8-11-20(15-21)31-25-16-24(29-18(2)30-25)19-9-4-3-5-10-19/h3-17H,1-2H3,(H,32,34)(H,29,30,31). The summed E-state index contributed by atoms with van der Waals surface area (Å²) in [5, 5.41) is 6.06. The van der Waals surface area contributed by atoms with Crippen LogP contribution in [0.5, 0.6) is 0 Å². The van der Waals surface area contributed by atoms with Crippen molar-refractivity contribution < 1.29 is 14.4 Å². The van der Waals surface area contributed by atoms with Crippen LogP contribution in [-0.4, -0.2) is 38.6 Å². The molecule has 8 nitrogen and oxygen atoms in total. The van der Waals surface area contributed by atoms with Crippen LogP contribution in [0.15, 0.2) is 84.9 Å². The molecule has 0 aliphatic carbocycles. The van der Waals surface area contributed by atoms with E-state index >= 15 is 0 Å². The summed E-state index contributed by atoms with van der Waals surface area (Å²) in [6.45, 7) is 3.36. The van der Waals surface area contributed by atoms with Gasteiger partial charge in [0.25, 0.3) is 11.8 Å². The molecule has 1 aliphatic rings. The molecule has 36 heavy (non-hydrogen) atoms. The minimum atomic E-state index is -0.980. The van der Waals surface area contributed by atoms with E-state index in [2.05, 4.69) is 20.6 Å². The lowest BCUT2D eigenvalue weighted by molar-refractivity contribution is -0.119. The Hall–Kier alpha value is -4.85. The predicted molar refractivity (Wildman–Crippen MR) is 137 cm³/mol. The lowest BCUT2D eigenvalue weighted by Gasteiger charge is -2.22. The SMILES string of the molecule is Cc1nc(Nc2cccc(NC(=O)C(C)N3C(=O)c4ccccc4C3=O)c2)cc(-c2ccccc2)n1. The van der Waals surface area contributed by atoms with Crippen molar-refractivity contribution >= 4 is 34.9 Å². The van der Waals surface area contributed by atoms with Crippen molar-refractivity contribution in [2.45, 2.75) is 19.9 Å². The number of carbonyl (C=O) groups is 3. The summed E-state index contributed by atoms with van der Waals surface area (Å²) in [5.41, 5.74) is 3.62. The van der Waals surface area contributed by atoms with Crippen molar-refractivity contribution in [3.05, 3.63) is 102 Å². The number of imide groups is 1. The molecule has 1 atom stereocenters. The van der Waals surface area contributed by atoms with Crippen molar-refractivity contribution in [3.8, 4) is 11.3 Å². The molecule has 0 spiro atoms. The monoisotopic (exact) mass is 477 g/mol. The Balaban J connectivity index is 1.31. The molecule has 8 heteroatoms. The molecular weight excluding hydrogens is 454 g/mol. The topological polar surface area (TPSA) is 104 Å². The molecule has 2 N–H and O–H groups in total. The summed E-state index contributed by atoms with van der Waals surface area (Å²) >= 11 is 0. The van der Waals surface area contributed by atoms with Gasteiger partial charge in [0.2, 0.25) is 5.91 Å². The first-order chi connectivity index (χ1) is 17.4. The summed E-state index contributed by atoms with van der Waals surface area (Å²) < 4.78 is 0. The molecule has 3 aromatic carbocycles. The van der Waals surface area contributed by atoms with Crippen molar-refractivity contribution in [3.63, 3.8) is 0 Å². The lowest BCUT2D eigenvalue weighted by Crippen LogP contribution is -2.45. The van der Waals surface area contributed by atoms with Gasteiger partial charge < -0.3 is 10.6 Å². The fourth-order valence-corrected chi connectivity index (χ4v) is 4.13. The second kappa shape index (κ2) is 9.42. The minimum Gasteiger partial charge on any atom is -0.340 e. The van der Waals surface area contributed by atoms with Crippen LogP contribution in [0.1, 0.15) is 33.5 Å². The highest BCUT2D eigenvalue weighted by molar-refractivity contribution is 6.23. The van der Waals surface area contributed by atoms with E-state index in [4.69, 9.17) is 0 Å². The average molecular weight is 478 g/mol. The minimum absolute atomic E-state index is 0.309. The number of aromatic nitrogens is 2. The van der Waals surface area contributed by atoms with Crippen molar-refractivity contribution in [1.29, 1.82) is 0 Å². The van der Waals surface area contributed by atoms with Crippen LogP contribution in [-0.2, 0) is 4.79 Å². The number of anilines is 3. The van der Waals surface area contributed by atoms with Gasteiger partial charge in [-0.2, -0.15) is 0 Å². The average Bonchev–Trinajstić information content (AvgIpc) is 3.14. The quantitative estimate of drug-likeness (QED) is 0.386. The molecule has 1 aliphatic heterocycles. The Bertz CT molecular complexity index is 1450. The van der Waals surface area contributed by atoms with Gasteiger partial charge in [-0.25, -0.2) is 9.97 Å². The van der Waals surface area contributed by atoms with Gasteiger partial charge in [-0.3, -0.25) is 19.3 Å². The Morgan fingerprint density at radius 3 is 2.14 bits per heavy atom. The summed E-state index contributed by atoms with van der Waals surface area (Å²) in [6.07, 6.45) is 0. The van der Waals surface area contributed by atoms with E-state index in [0.29, 0.717) is 34.1 Å². The largest absolute Gasteiger partial charge is 0.340 e. The number of benzene rings is 3. The van der Waals surface area contributed by atoms with E-state index in [-0.39, 0.29) is 0 Å².